The molecule has 3 atom stereocenters. The van der Waals surface area contributed by atoms with E-state index in [1.807, 2.05) is 24.0 Å². The Bertz CT molecular complexity index is 944. The molecule has 3 aliphatic heterocycles. The van der Waals surface area contributed by atoms with Crippen LogP contribution in [0.3, 0.4) is 0 Å². The first-order chi connectivity index (χ1) is 18.1. The number of rotatable bonds is 2. The van der Waals surface area contributed by atoms with E-state index in [4.69, 9.17) is 29.3 Å². The molecule has 10 nitrogen and oxygen atoms in total. The molecule has 16 heteroatoms. The minimum absolute atomic E-state index is 0.0924. The third-order valence-electron chi connectivity index (χ3n) is 6.18. The third-order valence-corrected chi connectivity index (χ3v) is 6.18. The smallest absolute Gasteiger partial charge is 0.475 e. The molecule has 3 fully saturated rings. The maximum atomic E-state index is 13.0. The molecule has 0 saturated carbocycles. The van der Waals surface area contributed by atoms with Crippen LogP contribution in [0.25, 0.3) is 0 Å². The van der Waals surface area contributed by atoms with E-state index >= 15 is 0 Å². The summed E-state index contributed by atoms with van der Waals surface area (Å²) in [5.41, 5.74) is 1.61. The van der Waals surface area contributed by atoms with Gasteiger partial charge < -0.3 is 24.6 Å². The maximum absolute atomic E-state index is 13.0. The first kappa shape index (κ1) is 32.2. The number of likely N-dealkylation sites (tertiary alicyclic amines) is 1. The van der Waals surface area contributed by atoms with Gasteiger partial charge in [-0.15, -0.1) is 0 Å². The van der Waals surface area contributed by atoms with Gasteiger partial charge >= 0.3 is 24.3 Å². The Morgan fingerprint density at radius 3 is 2.00 bits per heavy atom. The lowest BCUT2D eigenvalue weighted by atomic mass is 9.84. The van der Waals surface area contributed by atoms with E-state index in [2.05, 4.69) is 9.88 Å². The summed E-state index contributed by atoms with van der Waals surface area (Å²) in [6.07, 6.45) is -6.00. The third kappa shape index (κ3) is 9.93. The predicted octanol–water partition coefficient (Wildman–Crippen LogP) is 2.61. The predicted molar refractivity (Wildman–Crippen MR) is 121 cm³/mol. The summed E-state index contributed by atoms with van der Waals surface area (Å²) in [6, 6.07) is 4.06. The van der Waals surface area contributed by atoms with Crippen LogP contribution in [0.5, 0.6) is 0 Å². The van der Waals surface area contributed by atoms with Gasteiger partial charge in [0.15, 0.2) is 0 Å². The molecule has 4 rings (SSSR count). The highest BCUT2D eigenvalue weighted by atomic mass is 19.4. The van der Waals surface area contributed by atoms with Gasteiger partial charge in [0.2, 0.25) is 0 Å². The summed E-state index contributed by atoms with van der Waals surface area (Å²) in [4.78, 5) is 39.6. The SMILES string of the molecule is Cc1ccc(C(=O)N2C[C@@H]3CCCO[C@@H]3[C@H](N3CCOCC3)C2)cn1.O=C(O)C(F)(F)F.O=C(O)C(F)(F)F. The fourth-order valence-corrected chi connectivity index (χ4v) is 4.35. The molecule has 3 saturated heterocycles. The second kappa shape index (κ2) is 13.9. The first-order valence-electron chi connectivity index (χ1n) is 11.9. The summed E-state index contributed by atoms with van der Waals surface area (Å²) in [7, 11) is 0. The molecule has 220 valence electrons. The van der Waals surface area contributed by atoms with Gasteiger partial charge in [0.25, 0.3) is 5.91 Å². The zero-order chi connectivity index (χ0) is 29.4. The molecular formula is C23H29F6N3O7. The second-order valence-corrected chi connectivity index (χ2v) is 8.96. The van der Waals surface area contributed by atoms with E-state index in [-0.39, 0.29) is 18.1 Å². The summed E-state index contributed by atoms with van der Waals surface area (Å²) in [6.45, 7) is 7.68. The van der Waals surface area contributed by atoms with Crippen LogP contribution in [0.4, 0.5) is 26.3 Å². The number of pyridine rings is 1. The standard InChI is InChI=1S/C19H27N3O3.2C2HF3O2/c1-14-4-5-15(11-20-14)19(23)22-12-16-3-2-8-25-18(16)17(13-22)21-6-9-24-10-7-21;2*3-2(4,5)1(6)7/h4-5,11,16-18H,2-3,6-10,12-13H2,1H3;2*(H,6,7)/t16-,17+,18-;;/m0../s1. The molecule has 0 bridgehead atoms. The monoisotopic (exact) mass is 573 g/mol. The van der Waals surface area contributed by atoms with Crippen LogP contribution >= 0.6 is 0 Å². The molecule has 1 amide bonds. The normalized spacial score (nSPS) is 23.8. The Labute approximate surface area is 219 Å². The van der Waals surface area contributed by atoms with E-state index < -0.39 is 24.3 Å². The van der Waals surface area contributed by atoms with Crippen molar-refractivity contribution in [2.45, 2.75) is 44.3 Å². The van der Waals surface area contributed by atoms with Crippen molar-refractivity contribution in [1.29, 1.82) is 0 Å². The van der Waals surface area contributed by atoms with E-state index in [0.29, 0.717) is 11.5 Å². The van der Waals surface area contributed by atoms with E-state index in [1.165, 1.54) is 0 Å². The molecular weight excluding hydrogens is 544 g/mol. The number of aromatic nitrogens is 1. The Kier molecular flexibility index (Phi) is 11.5. The Balaban J connectivity index is 0.000000317. The van der Waals surface area contributed by atoms with Crippen LogP contribution in [-0.2, 0) is 19.1 Å². The number of hydrogen-bond donors (Lipinski definition) is 2. The molecule has 39 heavy (non-hydrogen) atoms. The number of halogens is 6. The molecule has 1 aromatic rings. The molecule has 0 aliphatic carbocycles. The van der Waals surface area contributed by atoms with Crippen molar-refractivity contribution in [1.82, 2.24) is 14.8 Å². The number of nitrogens with zero attached hydrogens (tertiary/aromatic N) is 3. The molecule has 3 aliphatic rings. The van der Waals surface area contributed by atoms with Gasteiger partial charge in [-0.2, -0.15) is 26.3 Å². The Morgan fingerprint density at radius 1 is 0.949 bits per heavy atom. The number of carboxylic acids is 2. The lowest BCUT2D eigenvalue weighted by molar-refractivity contribution is -0.193. The maximum Gasteiger partial charge on any atom is 0.490 e. The number of hydrogen-bond acceptors (Lipinski definition) is 7. The Hall–Kier alpha value is -2.98. The van der Waals surface area contributed by atoms with E-state index in [9.17, 15) is 31.1 Å². The number of piperidine rings is 1. The molecule has 0 unspecified atom stereocenters. The molecule has 0 spiro atoms. The van der Waals surface area contributed by atoms with Crippen LogP contribution in [0.2, 0.25) is 0 Å². The number of aliphatic carboxylic acids is 2. The van der Waals surface area contributed by atoms with Gasteiger partial charge in [-0.3, -0.25) is 14.7 Å². The van der Waals surface area contributed by atoms with Crippen molar-refractivity contribution in [2.75, 3.05) is 46.0 Å². The van der Waals surface area contributed by atoms with Gasteiger partial charge in [0.1, 0.15) is 0 Å². The lowest BCUT2D eigenvalue weighted by Gasteiger charge is -2.50. The van der Waals surface area contributed by atoms with Gasteiger partial charge in [0.05, 0.1) is 30.9 Å². The highest BCUT2D eigenvalue weighted by molar-refractivity contribution is 5.94. The van der Waals surface area contributed by atoms with E-state index in [0.717, 1.165) is 64.5 Å². The van der Waals surface area contributed by atoms with Crippen LogP contribution in [-0.4, -0.2) is 113 Å². The first-order valence-corrected chi connectivity index (χ1v) is 11.9. The average Bonchev–Trinajstić information content (AvgIpc) is 2.88. The van der Waals surface area contributed by atoms with Gasteiger partial charge in [0, 0.05) is 50.6 Å². The Morgan fingerprint density at radius 2 is 1.51 bits per heavy atom. The van der Waals surface area contributed by atoms with Gasteiger partial charge in [-0.05, 0) is 31.9 Å². The van der Waals surface area contributed by atoms with Crippen molar-refractivity contribution in [3.05, 3.63) is 29.6 Å². The number of amides is 1. The summed E-state index contributed by atoms with van der Waals surface area (Å²) < 4.78 is 75.1. The van der Waals surface area contributed by atoms with Crippen molar-refractivity contribution in [3.8, 4) is 0 Å². The molecule has 1 aromatic heterocycles. The molecule has 0 radical (unpaired) electrons. The number of fused-ring (bicyclic) bond motifs is 1. The highest BCUT2D eigenvalue weighted by Gasteiger charge is 2.43. The van der Waals surface area contributed by atoms with Crippen molar-refractivity contribution >= 4 is 17.8 Å². The van der Waals surface area contributed by atoms with Crippen LogP contribution in [0, 0.1) is 12.8 Å². The molecule has 4 heterocycles. The number of morpholine rings is 1. The average molecular weight is 573 g/mol. The number of ether oxygens (including phenoxy) is 2. The van der Waals surface area contributed by atoms with Crippen LogP contribution in [0.15, 0.2) is 18.3 Å². The quantitative estimate of drug-likeness (QED) is 0.513. The van der Waals surface area contributed by atoms with Gasteiger partial charge in [-0.25, -0.2) is 9.59 Å². The van der Waals surface area contributed by atoms with Crippen LogP contribution in [0.1, 0.15) is 28.9 Å². The number of alkyl halides is 6. The second-order valence-electron chi connectivity index (χ2n) is 8.96. The van der Waals surface area contributed by atoms with Crippen LogP contribution < -0.4 is 0 Å². The minimum atomic E-state index is -5.08. The van der Waals surface area contributed by atoms with Crippen molar-refractivity contribution in [3.63, 3.8) is 0 Å². The topological polar surface area (TPSA) is 130 Å². The lowest BCUT2D eigenvalue weighted by Crippen LogP contribution is -2.63. The fraction of sp³-hybridized carbons (Fsp3) is 0.652. The summed E-state index contributed by atoms with van der Waals surface area (Å²) >= 11 is 0. The largest absolute Gasteiger partial charge is 0.490 e. The zero-order valence-electron chi connectivity index (χ0n) is 20.9. The minimum Gasteiger partial charge on any atom is -0.475 e. The number of carbonyl (C=O) groups excluding carboxylic acids is 1. The number of aryl methyl sites for hydroxylation is 1. The van der Waals surface area contributed by atoms with Crippen molar-refractivity contribution < 1.29 is 60.4 Å². The van der Waals surface area contributed by atoms with Gasteiger partial charge in [-0.1, -0.05) is 0 Å². The summed E-state index contributed by atoms with van der Waals surface area (Å²) in [5, 5.41) is 14.2. The summed E-state index contributed by atoms with van der Waals surface area (Å²) in [5.74, 6) is -4.99. The fourth-order valence-electron chi connectivity index (χ4n) is 4.35. The van der Waals surface area contributed by atoms with Crippen molar-refractivity contribution in [2.24, 2.45) is 5.92 Å². The molecule has 2 N–H and O–H groups in total. The zero-order valence-corrected chi connectivity index (χ0v) is 20.9. The van der Waals surface area contributed by atoms with E-state index in [1.54, 1.807) is 6.20 Å². The number of carboxylic acid groups (broad SMARTS) is 2. The highest BCUT2D eigenvalue weighted by Crippen LogP contribution is 2.32. The molecule has 0 aromatic carbocycles. The number of carbonyl (C=O) groups is 3.